The third-order valence-corrected chi connectivity index (χ3v) is 11.0. The Hall–Kier alpha value is -3.15. The number of ether oxygens (including phenoxy) is 1. The predicted octanol–water partition coefficient (Wildman–Crippen LogP) is 3.07. The molecule has 1 saturated heterocycles. The molecule has 2 saturated carbocycles. The molecule has 2 aromatic rings. The number of carbonyl (C=O) groups excluding carboxylic acids is 1. The number of hydrogen-bond donors (Lipinski definition) is 3. The van der Waals surface area contributed by atoms with Crippen molar-refractivity contribution in [1.29, 1.82) is 0 Å². The van der Waals surface area contributed by atoms with Crippen LogP contribution in [0.5, 0.6) is 11.5 Å². The molecule has 3 heterocycles. The number of aliphatic hydroxyl groups is 2. The maximum atomic E-state index is 14.1. The van der Waals surface area contributed by atoms with Gasteiger partial charge in [0.2, 0.25) is 0 Å². The van der Waals surface area contributed by atoms with Gasteiger partial charge in [-0.3, -0.25) is 9.69 Å². The minimum Gasteiger partial charge on any atom is -0.504 e. The molecule has 4 bridgehead atoms. The molecule has 2 aliphatic heterocycles. The van der Waals surface area contributed by atoms with E-state index in [1.165, 1.54) is 24.1 Å². The molecule has 8 nitrogen and oxygen atoms in total. The minimum absolute atomic E-state index is 0.00413. The number of hydrogen-bond acceptors (Lipinski definition) is 7. The van der Waals surface area contributed by atoms with Crippen molar-refractivity contribution in [3.8, 4) is 11.5 Å². The van der Waals surface area contributed by atoms with Crippen molar-refractivity contribution in [1.82, 2.24) is 14.8 Å². The normalized spacial score (nSPS) is 34.9. The van der Waals surface area contributed by atoms with Gasteiger partial charge in [0.05, 0.1) is 23.3 Å². The summed E-state index contributed by atoms with van der Waals surface area (Å²) in [6.07, 6.45) is 0.186. The second-order valence-electron chi connectivity index (χ2n) is 13.3. The van der Waals surface area contributed by atoms with Crippen molar-refractivity contribution in [3.63, 3.8) is 0 Å². The Balaban J connectivity index is 1.22. The fraction of sp³-hybridized carbons (Fsp3) is 0.548. The number of amides is 1. The van der Waals surface area contributed by atoms with E-state index < -0.39 is 45.9 Å². The topological polar surface area (TPSA) is 106 Å². The Bertz CT molecular complexity index is 1570. The summed E-state index contributed by atoms with van der Waals surface area (Å²) >= 11 is 0. The summed E-state index contributed by atoms with van der Waals surface area (Å²) in [6, 6.07) is 7.08. The highest BCUT2D eigenvalue weighted by molar-refractivity contribution is 5.97. The van der Waals surface area contributed by atoms with E-state index in [-0.39, 0.29) is 36.0 Å². The monoisotopic (exact) mass is 583 g/mol. The van der Waals surface area contributed by atoms with Gasteiger partial charge in [0.15, 0.2) is 11.5 Å². The minimum atomic E-state index is -4.61. The van der Waals surface area contributed by atoms with Gasteiger partial charge >= 0.3 is 6.18 Å². The van der Waals surface area contributed by atoms with Crippen LogP contribution in [0.25, 0.3) is 0 Å². The average molecular weight is 584 g/mol. The number of β-amino-alcohol motifs (C(OH)–C–C–N with tert-alkyl or cyclic N) is 1. The van der Waals surface area contributed by atoms with Crippen molar-refractivity contribution in [2.75, 3.05) is 20.1 Å². The maximum absolute atomic E-state index is 14.1. The van der Waals surface area contributed by atoms with E-state index in [2.05, 4.69) is 9.88 Å². The van der Waals surface area contributed by atoms with Crippen LogP contribution in [0.4, 0.5) is 13.2 Å². The smallest absolute Gasteiger partial charge is 0.433 e. The van der Waals surface area contributed by atoms with Gasteiger partial charge < -0.3 is 25.0 Å². The molecule has 222 valence electrons. The Morgan fingerprint density at radius 2 is 1.93 bits per heavy atom. The Kier molecular flexibility index (Phi) is 5.08. The third-order valence-electron chi connectivity index (χ3n) is 11.0. The summed E-state index contributed by atoms with van der Waals surface area (Å²) in [6.45, 7) is 1.05. The first-order chi connectivity index (χ1) is 19.8. The second-order valence-corrected chi connectivity index (χ2v) is 13.3. The molecule has 9 rings (SSSR count). The molecule has 1 aromatic carbocycles. The fourth-order valence-electron chi connectivity index (χ4n) is 9.07. The molecule has 7 aliphatic rings. The maximum Gasteiger partial charge on any atom is 0.433 e. The molecule has 3 N–H and O–H groups in total. The average Bonchev–Trinajstić information content (AvgIpc) is 3.55. The molecule has 5 aliphatic carbocycles. The summed E-state index contributed by atoms with van der Waals surface area (Å²) in [5.41, 5.74) is -2.41. The molecule has 1 amide bonds. The molecule has 1 aromatic heterocycles. The number of carbonyl (C=O) groups is 1. The Labute approximate surface area is 240 Å². The van der Waals surface area contributed by atoms with Crippen LogP contribution in [0.3, 0.4) is 0 Å². The number of aromatic nitrogens is 1. The van der Waals surface area contributed by atoms with Crippen molar-refractivity contribution in [2.45, 2.75) is 80.0 Å². The number of nitrogens with zero attached hydrogens (tertiary/aromatic N) is 3. The highest BCUT2D eigenvalue weighted by atomic mass is 19.4. The number of likely N-dealkylation sites (N-methyl/N-ethyl adjacent to an activating group) is 1. The number of likely N-dealkylation sites (tertiary alicyclic amines) is 1. The van der Waals surface area contributed by atoms with E-state index in [0.29, 0.717) is 38.1 Å². The number of alkyl halides is 3. The summed E-state index contributed by atoms with van der Waals surface area (Å²) in [5, 5.41) is 34.2. The third kappa shape index (κ3) is 3.24. The molecule has 0 radical (unpaired) electrons. The summed E-state index contributed by atoms with van der Waals surface area (Å²) in [5.74, 6) is -0.117. The summed E-state index contributed by atoms with van der Waals surface area (Å²) in [7, 11) is 1.50. The molecule has 2 spiro atoms. The lowest BCUT2D eigenvalue weighted by atomic mass is 9.38. The van der Waals surface area contributed by atoms with E-state index in [4.69, 9.17) is 4.74 Å². The van der Waals surface area contributed by atoms with Crippen molar-refractivity contribution < 1.29 is 38.0 Å². The van der Waals surface area contributed by atoms with Crippen molar-refractivity contribution in [3.05, 3.63) is 64.5 Å². The summed E-state index contributed by atoms with van der Waals surface area (Å²) < 4.78 is 46.3. The molecule has 3 fully saturated rings. The SMILES string of the molecule is CN(Cc1cccc(C(F)(F)F)n1)C(=O)C1=C[C@@]23CC[C@]1(O)[C@@H]1Oc4c(O)ccc5c4[C@@]12CCN(CC1(O)CC1)[C@@H]3C5. The van der Waals surface area contributed by atoms with Crippen LogP contribution in [-0.4, -0.2) is 79.5 Å². The number of aromatic hydroxyl groups is 1. The lowest BCUT2D eigenvalue weighted by Gasteiger charge is -2.70. The zero-order valence-corrected chi connectivity index (χ0v) is 23.1. The number of pyridine rings is 1. The zero-order chi connectivity index (χ0) is 29.4. The van der Waals surface area contributed by atoms with Gasteiger partial charge in [-0.2, -0.15) is 13.2 Å². The molecular formula is C31H32F3N3O5. The van der Waals surface area contributed by atoms with E-state index in [1.807, 2.05) is 12.1 Å². The Morgan fingerprint density at radius 1 is 1.14 bits per heavy atom. The second kappa shape index (κ2) is 8.06. The molecular weight excluding hydrogens is 551 g/mol. The quantitative estimate of drug-likeness (QED) is 0.497. The zero-order valence-electron chi connectivity index (χ0n) is 23.1. The standard InChI is InChI=1S/C31H32F3N3O5/c1-36(15-18-3-2-4-21(35-18)31(32,33)34)25(39)19-14-28-9-10-30(19,41)26-29(28)11-12-37(16-27(40)7-8-27)22(28)13-17-5-6-20(38)24(42-26)23(17)29/h2-6,14,22,26,38,40-41H,7-13,15-16H2,1H3/t22-,26-,28-,29+,30-/m1/s1. The van der Waals surface area contributed by atoms with Crippen molar-refractivity contribution in [2.24, 2.45) is 5.41 Å². The Morgan fingerprint density at radius 3 is 2.67 bits per heavy atom. The van der Waals surface area contributed by atoms with Crippen molar-refractivity contribution >= 4 is 5.91 Å². The highest BCUT2D eigenvalue weighted by Crippen LogP contribution is 2.74. The van der Waals surface area contributed by atoms with Crippen LogP contribution >= 0.6 is 0 Å². The van der Waals surface area contributed by atoms with Gasteiger partial charge in [0.1, 0.15) is 17.4 Å². The largest absolute Gasteiger partial charge is 0.504 e. The number of phenols is 1. The van der Waals surface area contributed by atoms with Gasteiger partial charge in [0, 0.05) is 36.2 Å². The summed E-state index contributed by atoms with van der Waals surface area (Å²) in [4.78, 5) is 21.5. The first-order valence-electron chi connectivity index (χ1n) is 14.5. The van der Waals surface area contributed by atoms with Crippen LogP contribution in [0, 0.1) is 5.41 Å². The van der Waals surface area contributed by atoms with E-state index in [1.54, 1.807) is 6.07 Å². The van der Waals surface area contributed by atoms with Crippen LogP contribution in [-0.2, 0) is 29.4 Å². The van der Waals surface area contributed by atoms with Crippen LogP contribution in [0.2, 0.25) is 0 Å². The molecule has 5 atom stereocenters. The van der Waals surface area contributed by atoms with Gasteiger partial charge in [-0.15, -0.1) is 0 Å². The number of piperidine rings is 1. The first kappa shape index (κ1) is 26.5. The van der Waals surface area contributed by atoms with E-state index >= 15 is 0 Å². The van der Waals surface area contributed by atoms with Crippen LogP contribution < -0.4 is 4.74 Å². The van der Waals surface area contributed by atoms with Crippen LogP contribution in [0.1, 0.15) is 54.6 Å². The number of fused-ring (bicyclic) bond motifs is 1. The highest BCUT2D eigenvalue weighted by Gasteiger charge is 2.79. The lowest BCUT2D eigenvalue weighted by Crippen LogP contribution is -2.78. The van der Waals surface area contributed by atoms with Gasteiger partial charge in [-0.05, 0) is 68.8 Å². The molecule has 11 heteroatoms. The molecule has 0 unspecified atom stereocenters. The first-order valence-corrected chi connectivity index (χ1v) is 14.5. The number of phenolic OH excluding ortho intramolecular Hbond substituents is 1. The van der Waals surface area contributed by atoms with Gasteiger partial charge in [0.25, 0.3) is 5.91 Å². The van der Waals surface area contributed by atoms with Gasteiger partial charge in [-0.25, -0.2) is 4.98 Å². The lowest BCUT2D eigenvalue weighted by molar-refractivity contribution is -0.190. The number of rotatable bonds is 5. The van der Waals surface area contributed by atoms with E-state index in [9.17, 15) is 33.3 Å². The van der Waals surface area contributed by atoms with E-state index in [0.717, 1.165) is 30.0 Å². The predicted molar refractivity (Wildman–Crippen MR) is 142 cm³/mol. The fourth-order valence-corrected chi connectivity index (χ4v) is 9.07. The molecule has 42 heavy (non-hydrogen) atoms. The van der Waals surface area contributed by atoms with Crippen LogP contribution in [0.15, 0.2) is 42.0 Å². The number of halogens is 3. The van der Waals surface area contributed by atoms with Gasteiger partial charge in [-0.1, -0.05) is 18.2 Å². The number of benzene rings is 1.